The van der Waals surface area contributed by atoms with Crippen LogP contribution in [0.4, 0.5) is 17.1 Å². The molecule has 0 aliphatic carbocycles. The predicted octanol–water partition coefficient (Wildman–Crippen LogP) is 17.2. The highest BCUT2D eigenvalue weighted by Crippen LogP contribution is 2.45. The van der Waals surface area contributed by atoms with Gasteiger partial charge in [0.25, 0.3) is 0 Å². The van der Waals surface area contributed by atoms with Crippen molar-refractivity contribution in [2.24, 2.45) is 0 Å². The minimum absolute atomic E-state index is 0.911. The van der Waals surface area contributed by atoms with E-state index in [4.69, 9.17) is 4.42 Å². The summed E-state index contributed by atoms with van der Waals surface area (Å²) >= 11 is 0. The van der Waals surface area contributed by atoms with Crippen LogP contribution in [0.3, 0.4) is 0 Å². The fraction of sp³-hybridized carbons (Fsp3) is 0. The van der Waals surface area contributed by atoms with Crippen molar-refractivity contribution in [3.05, 3.63) is 237 Å². The number of furan rings is 1. The zero-order chi connectivity index (χ0) is 41.0. The lowest BCUT2D eigenvalue weighted by atomic mass is 9.90. The number of hydrogen-bond acceptors (Lipinski definition) is 2. The molecule has 0 aliphatic rings. The smallest absolute Gasteiger partial charge is 0.136 e. The summed E-state index contributed by atoms with van der Waals surface area (Å²) in [5.74, 6) is 0. The van der Waals surface area contributed by atoms with Gasteiger partial charge in [0.2, 0.25) is 0 Å². The number of fused-ring (bicyclic) bond motifs is 10. The summed E-state index contributed by atoms with van der Waals surface area (Å²) in [4.78, 5) is 2.40. The van der Waals surface area contributed by atoms with Crippen LogP contribution in [-0.2, 0) is 0 Å². The quantitative estimate of drug-likeness (QED) is 0.150. The van der Waals surface area contributed by atoms with E-state index in [9.17, 15) is 0 Å². The number of anilines is 3. The molecule has 0 spiro atoms. The van der Waals surface area contributed by atoms with E-state index in [0.29, 0.717) is 0 Å². The second-order valence-corrected chi connectivity index (χ2v) is 16.1. The Morgan fingerprint density at radius 2 is 0.710 bits per heavy atom. The van der Waals surface area contributed by atoms with Crippen LogP contribution in [0.1, 0.15) is 0 Å². The summed E-state index contributed by atoms with van der Waals surface area (Å²) in [6, 6.07) is 85.5. The largest absolute Gasteiger partial charge is 0.456 e. The van der Waals surface area contributed by atoms with Gasteiger partial charge >= 0.3 is 0 Å². The lowest BCUT2D eigenvalue weighted by molar-refractivity contribution is 0.669. The van der Waals surface area contributed by atoms with Gasteiger partial charge in [0, 0.05) is 33.2 Å². The van der Waals surface area contributed by atoms with Crippen molar-refractivity contribution in [2.45, 2.75) is 0 Å². The van der Waals surface area contributed by atoms with Crippen molar-refractivity contribution < 1.29 is 4.42 Å². The Hall–Kier alpha value is -8.20. The van der Waals surface area contributed by atoms with Crippen LogP contribution in [0.15, 0.2) is 241 Å². The Kier molecular flexibility index (Phi) is 8.53. The van der Waals surface area contributed by atoms with Gasteiger partial charge in [-0.3, -0.25) is 0 Å². The molecule has 2 nitrogen and oxygen atoms in total. The van der Waals surface area contributed by atoms with Crippen molar-refractivity contribution in [2.75, 3.05) is 4.90 Å². The summed E-state index contributed by atoms with van der Waals surface area (Å²) in [7, 11) is 0. The highest BCUT2D eigenvalue weighted by Gasteiger charge is 2.19. The summed E-state index contributed by atoms with van der Waals surface area (Å²) in [5.41, 5.74) is 14.4. The van der Waals surface area contributed by atoms with E-state index in [2.05, 4.69) is 235 Å². The van der Waals surface area contributed by atoms with E-state index >= 15 is 0 Å². The van der Waals surface area contributed by atoms with Crippen LogP contribution in [0.25, 0.3) is 98.8 Å². The van der Waals surface area contributed by atoms with E-state index in [1.165, 1.54) is 60.0 Å². The molecule has 0 N–H and O–H groups in total. The number of nitrogens with zero attached hydrogens (tertiary/aromatic N) is 1. The predicted molar refractivity (Wildman–Crippen MR) is 263 cm³/mol. The molecule has 62 heavy (non-hydrogen) atoms. The van der Waals surface area contributed by atoms with Gasteiger partial charge in [0.05, 0.1) is 0 Å². The van der Waals surface area contributed by atoms with Gasteiger partial charge < -0.3 is 9.32 Å². The zero-order valence-corrected chi connectivity index (χ0v) is 33.9. The molecule has 0 bridgehead atoms. The number of hydrogen-bond donors (Lipinski definition) is 0. The van der Waals surface area contributed by atoms with E-state index in [-0.39, 0.29) is 0 Å². The number of rotatable bonds is 7. The first kappa shape index (κ1) is 35.7. The summed E-state index contributed by atoms with van der Waals surface area (Å²) in [6.07, 6.45) is 0. The standard InChI is InChI=1S/C60H39NO/c1-4-15-40(16-5-1)43-27-30-48(31-28-43)61(50-37-46(41-17-6-2-7-18-41)35-47(38-50)42-19-8-3-9-20-42)49-22-14-21-44(36-49)45-29-32-52-51-23-10-11-24-53(51)59-54(56(52)39-45)33-34-58-60(59)55-25-12-13-26-57(55)62-58/h1-39H. The summed E-state index contributed by atoms with van der Waals surface area (Å²) < 4.78 is 6.41. The molecule has 0 fully saturated rings. The van der Waals surface area contributed by atoms with Gasteiger partial charge in [0.15, 0.2) is 0 Å². The van der Waals surface area contributed by atoms with Crippen LogP contribution in [-0.4, -0.2) is 0 Å². The van der Waals surface area contributed by atoms with Crippen LogP contribution in [0.5, 0.6) is 0 Å². The highest BCUT2D eigenvalue weighted by molar-refractivity contribution is 6.34. The third kappa shape index (κ3) is 6.12. The summed E-state index contributed by atoms with van der Waals surface area (Å²) in [6.45, 7) is 0. The van der Waals surface area contributed by atoms with E-state index in [1.54, 1.807) is 0 Å². The zero-order valence-electron chi connectivity index (χ0n) is 33.9. The Labute approximate surface area is 360 Å². The second-order valence-electron chi connectivity index (χ2n) is 16.1. The molecule has 0 saturated heterocycles. The highest BCUT2D eigenvalue weighted by atomic mass is 16.3. The Morgan fingerprint density at radius 3 is 1.40 bits per heavy atom. The van der Waals surface area contributed by atoms with Crippen LogP contribution >= 0.6 is 0 Å². The molecule has 1 aromatic heterocycles. The molecule has 0 unspecified atom stereocenters. The van der Waals surface area contributed by atoms with Crippen LogP contribution in [0, 0.1) is 0 Å². The van der Waals surface area contributed by atoms with Crippen molar-refractivity contribution in [3.8, 4) is 44.5 Å². The van der Waals surface area contributed by atoms with Gasteiger partial charge in [-0.05, 0) is 138 Å². The Balaban J connectivity index is 1.06. The average Bonchev–Trinajstić information content (AvgIpc) is 3.74. The van der Waals surface area contributed by atoms with Gasteiger partial charge in [-0.1, -0.05) is 170 Å². The molecule has 290 valence electrons. The molecule has 12 aromatic rings. The molecule has 0 radical (unpaired) electrons. The monoisotopic (exact) mass is 789 g/mol. The first-order valence-electron chi connectivity index (χ1n) is 21.2. The molecular weight excluding hydrogens is 751 g/mol. The maximum Gasteiger partial charge on any atom is 0.136 e. The molecule has 1 heterocycles. The van der Waals surface area contributed by atoms with Crippen molar-refractivity contribution in [1.82, 2.24) is 0 Å². The molecule has 12 rings (SSSR count). The molecule has 0 amide bonds. The second kappa shape index (κ2) is 14.8. The third-order valence-electron chi connectivity index (χ3n) is 12.4. The molecular formula is C60H39NO. The molecule has 11 aromatic carbocycles. The van der Waals surface area contributed by atoms with E-state index < -0.39 is 0 Å². The number of para-hydroxylation sites is 1. The molecule has 2 heteroatoms. The van der Waals surface area contributed by atoms with Crippen molar-refractivity contribution in [1.29, 1.82) is 0 Å². The molecule has 0 saturated carbocycles. The lowest BCUT2D eigenvalue weighted by Gasteiger charge is -2.27. The fourth-order valence-corrected chi connectivity index (χ4v) is 9.48. The SMILES string of the molecule is c1ccc(-c2ccc(N(c3cccc(-c4ccc5c6ccccc6c6c(ccc7oc8ccccc8c76)c5c4)c3)c3cc(-c4ccccc4)cc(-c4ccccc4)c3)cc2)cc1. The van der Waals surface area contributed by atoms with Crippen LogP contribution < -0.4 is 4.90 Å². The first-order chi connectivity index (χ1) is 30.7. The minimum atomic E-state index is 0.911. The Morgan fingerprint density at radius 1 is 0.226 bits per heavy atom. The van der Waals surface area contributed by atoms with Gasteiger partial charge in [-0.25, -0.2) is 0 Å². The lowest BCUT2D eigenvalue weighted by Crippen LogP contribution is -2.10. The maximum atomic E-state index is 6.41. The normalized spacial score (nSPS) is 11.5. The molecule has 0 aliphatic heterocycles. The van der Waals surface area contributed by atoms with Gasteiger partial charge in [0.1, 0.15) is 11.2 Å². The van der Waals surface area contributed by atoms with Crippen LogP contribution in [0.2, 0.25) is 0 Å². The minimum Gasteiger partial charge on any atom is -0.456 e. The Bertz CT molecular complexity index is 3550. The molecule has 0 atom stereocenters. The third-order valence-corrected chi connectivity index (χ3v) is 12.4. The summed E-state index contributed by atoms with van der Waals surface area (Å²) in [5, 5.41) is 9.72. The van der Waals surface area contributed by atoms with Gasteiger partial charge in [-0.15, -0.1) is 0 Å². The van der Waals surface area contributed by atoms with E-state index in [0.717, 1.165) is 55.9 Å². The fourth-order valence-electron chi connectivity index (χ4n) is 9.48. The topological polar surface area (TPSA) is 16.4 Å². The number of benzene rings is 11. The maximum absolute atomic E-state index is 6.41. The van der Waals surface area contributed by atoms with E-state index in [1.807, 2.05) is 6.07 Å². The van der Waals surface area contributed by atoms with Crippen molar-refractivity contribution >= 4 is 71.3 Å². The average molecular weight is 790 g/mol. The van der Waals surface area contributed by atoms with Crippen molar-refractivity contribution in [3.63, 3.8) is 0 Å². The first-order valence-corrected chi connectivity index (χ1v) is 21.2. The van der Waals surface area contributed by atoms with Gasteiger partial charge in [-0.2, -0.15) is 0 Å².